The first-order valence-corrected chi connectivity index (χ1v) is 21.8. The molecule has 0 bridgehead atoms. The number of hydrogen-bond donors (Lipinski definition) is 0. The molecule has 60 heavy (non-hydrogen) atoms. The van der Waals surface area contributed by atoms with Crippen molar-refractivity contribution in [3.8, 4) is 11.1 Å². The maximum atomic E-state index is 7.09. The summed E-state index contributed by atoms with van der Waals surface area (Å²) >= 11 is 0. The van der Waals surface area contributed by atoms with Gasteiger partial charge in [-0.3, -0.25) is 0 Å². The van der Waals surface area contributed by atoms with Crippen molar-refractivity contribution in [2.75, 3.05) is 9.80 Å². The van der Waals surface area contributed by atoms with E-state index in [4.69, 9.17) is 4.42 Å². The maximum absolute atomic E-state index is 7.09. The number of rotatable bonds is 3. The first-order chi connectivity index (χ1) is 28.7. The Balaban J connectivity index is 1.29. The molecular weight excluding hydrogens is 727 g/mol. The van der Waals surface area contributed by atoms with E-state index in [-0.39, 0.29) is 23.0 Å². The van der Waals surface area contributed by atoms with E-state index in [1.54, 1.807) is 0 Å². The molecule has 0 unspecified atom stereocenters. The second kappa shape index (κ2) is 12.8. The molecule has 4 heteroatoms. The molecule has 7 aromatic carbocycles. The molecule has 8 aromatic rings. The summed E-state index contributed by atoms with van der Waals surface area (Å²) in [5.74, 6) is 0. The molecule has 3 aliphatic rings. The van der Waals surface area contributed by atoms with Gasteiger partial charge in [0.25, 0.3) is 6.71 Å². The molecule has 0 spiro atoms. The highest BCUT2D eigenvalue weighted by atomic mass is 16.3. The zero-order valence-electron chi connectivity index (χ0n) is 36.5. The van der Waals surface area contributed by atoms with Crippen LogP contribution in [0.2, 0.25) is 0 Å². The Morgan fingerprint density at radius 3 is 1.92 bits per heavy atom. The largest absolute Gasteiger partial charge is 0.457 e. The summed E-state index contributed by atoms with van der Waals surface area (Å²) in [6.07, 6.45) is 2.36. The number of benzene rings is 7. The van der Waals surface area contributed by atoms with Gasteiger partial charge in [-0.25, -0.2) is 0 Å². The molecule has 0 amide bonds. The Bertz CT molecular complexity index is 3070. The summed E-state index contributed by atoms with van der Waals surface area (Å²) in [5.41, 5.74) is 22.4. The van der Waals surface area contributed by atoms with Gasteiger partial charge in [0.1, 0.15) is 11.2 Å². The van der Waals surface area contributed by atoms with Crippen LogP contribution in [0, 0.1) is 13.8 Å². The Labute approximate surface area is 355 Å². The van der Waals surface area contributed by atoms with Gasteiger partial charge in [0.05, 0.1) is 5.69 Å². The fraction of sp³-hybridized carbons (Fsp3) is 0.250. The molecular formula is C56H53BN2O. The maximum Gasteiger partial charge on any atom is 0.257 e. The van der Waals surface area contributed by atoms with Crippen LogP contribution >= 0.6 is 0 Å². The molecule has 3 nitrogen and oxygen atoms in total. The van der Waals surface area contributed by atoms with Crippen molar-refractivity contribution < 1.29 is 4.42 Å². The smallest absolute Gasteiger partial charge is 0.257 e. The quantitative estimate of drug-likeness (QED) is 0.167. The van der Waals surface area contributed by atoms with E-state index < -0.39 is 0 Å². The predicted molar refractivity (Wildman–Crippen MR) is 257 cm³/mol. The topological polar surface area (TPSA) is 19.6 Å². The van der Waals surface area contributed by atoms with Gasteiger partial charge in [0, 0.05) is 44.8 Å². The lowest BCUT2D eigenvalue weighted by Crippen LogP contribution is -2.61. The standard InChI is InChI=1S/C56H53BN2O/c1-34-29-48-51-49(30-34)59(47-33-42-41(31-35(47)2)55(6,7)27-28-56(42,8)9)45-25-23-37(54(3,4)5)32-43(45)57(51)52-46(26-24-40-39-20-14-16-22-50(39)60-53(40)52)58(48)44-21-15-13-19-38(44)36-17-11-10-12-18-36/h10-26,29-33H,27-28H2,1-9H3. The second-order valence-corrected chi connectivity index (χ2v) is 20.2. The van der Waals surface area contributed by atoms with Crippen molar-refractivity contribution in [2.45, 2.75) is 91.4 Å². The van der Waals surface area contributed by atoms with E-state index in [2.05, 4.69) is 206 Å². The highest BCUT2D eigenvalue weighted by molar-refractivity contribution is 7.01. The minimum absolute atomic E-state index is 0.0445. The van der Waals surface area contributed by atoms with Gasteiger partial charge in [-0.15, -0.1) is 0 Å². The predicted octanol–water partition coefficient (Wildman–Crippen LogP) is 13.6. The number of furan rings is 1. The van der Waals surface area contributed by atoms with Crippen molar-refractivity contribution >= 4 is 79.2 Å². The van der Waals surface area contributed by atoms with Gasteiger partial charge in [-0.05, 0) is 141 Å². The minimum Gasteiger partial charge on any atom is -0.457 e. The third-order valence-electron chi connectivity index (χ3n) is 14.2. The molecule has 0 atom stereocenters. The van der Waals surface area contributed by atoms with E-state index >= 15 is 0 Å². The lowest BCUT2D eigenvalue weighted by Gasteiger charge is -2.46. The van der Waals surface area contributed by atoms with E-state index in [1.807, 2.05) is 0 Å². The number of nitrogens with zero attached hydrogens (tertiary/aromatic N) is 2. The Hall–Kier alpha value is -6.00. The summed E-state index contributed by atoms with van der Waals surface area (Å²) in [5, 5.41) is 2.31. The fourth-order valence-corrected chi connectivity index (χ4v) is 10.9. The Kier molecular flexibility index (Phi) is 7.87. The van der Waals surface area contributed by atoms with Crippen LogP contribution in [0.3, 0.4) is 0 Å². The van der Waals surface area contributed by atoms with Crippen LogP contribution in [0.25, 0.3) is 33.1 Å². The molecule has 1 aromatic heterocycles. The number of hydrogen-bond acceptors (Lipinski definition) is 3. The van der Waals surface area contributed by atoms with Crippen molar-refractivity contribution in [3.63, 3.8) is 0 Å². The molecule has 0 radical (unpaired) electrons. The summed E-state index contributed by atoms with van der Waals surface area (Å²) in [6, 6.07) is 50.3. The van der Waals surface area contributed by atoms with Crippen LogP contribution in [-0.2, 0) is 16.2 Å². The van der Waals surface area contributed by atoms with E-state index in [9.17, 15) is 0 Å². The average Bonchev–Trinajstić information content (AvgIpc) is 3.61. The van der Waals surface area contributed by atoms with Gasteiger partial charge in [-0.1, -0.05) is 133 Å². The molecule has 11 rings (SSSR count). The summed E-state index contributed by atoms with van der Waals surface area (Å²) in [6.45, 7) is 21.3. The Morgan fingerprint density at radius 1 is 0.550 bits per heavy atom. The first-order valence-electron chi connectivity index (χ1n) is 21.8. The van der Waals surface area contributed by atoms with Crippen LogP contribution < -0.4 is 26.2 Å². The third kappa shape index (κ3) is 5.35. The SMILES string of the molecule is Cc1cc2c3c(c1)N(c1ccccc1-c1ccccc1)c1ccc4c(oc5ccccc54)c1B3c1cc(C(C)(C)C)ccc1N2c1cc2c(cc1C)C(C)(C)CCC2(C)C. The molecule has 3 heterocycles. The fourth-order valence-electron chi connectivity index (χ4n) is 10.9. The minimum atomic E-state index is -0.0724. The third-order valence-corrected chi connectivity index (χ3v) is 14.2. The lowest BCUT2D eigenvalue weighted by atomic mass is 9.33. The van der Waals surface area contributed by atoms with E-state index in [0.29, 0.717) is 0 Å². The van der Waals surface area contributed by atoms with E-state index in [1.165, 1.54) is 90.9 Å². The molecule has 296 valence electrons. The van der Waals surface area contributed by atoms with Gasteiger partial charge in [0.15, 0.2) is 0 Å². The van der Waals surface area contributed by atoms with Crippen LogP contribution in [0.15, 0.2) is 138 Å². The molecule has 1 aliphatic carbocycles. The van der Waals surface area contributed by atoms with Crippen LogP contribution in [-0.4, -0.2) is 6.71 Å². The molecule has 2 aliphatic heterocycles. The molecule has 0 fully saturated rings. The van der Waals surface area contributed by atoms with Gasteiger partial charge >= 0.3 is 0 Å². The van der Waals surface area contributed by atoms with Crippen molar-refractivity contribution in [2.24, 2.45) is 0 Å². The lowest BCUT2D eigenvalue weighted by molar-refractivity contribution is 0.332. The molecule has 0 saturated carbocycles. The monoisotopic (exact) mass is 780 g/mol. The number of para-hydroxylation sites is 2. The van der Waals surface area contributed by atoms with Crippen molar-refractivity contribution in [3.05, 3.63) is 161 Å². The summed E-state index contributed by atoms with van der Waals surface area (Å²) in [7, 11) is 0. The summed E-state index contributed by atoms with van der Waals surface area (Å²) < 4.78 is 7.09. The van der Waals surface area contributed by atoms with Crippen LogP contribution in [0.4, 0.5) is 34.1 Å². The average molecular weight is 781 g/mol. The summed E-state index contributed by atoms with van der Waals surface area (Å²) in [4.78, 5) is 5.18. The second-order valence-electron chi connectivity index (χ2n) is 20.2. The highest BCUT2D eigenvalue weighted by Crippen LogP contribution is 2.52. The van der Waals surface area contributed by atoms with Crippen LogP contribution in [0.1, 0.15) is 89.1 Å². The Morgan fingerprint density at radius 2 is 1.18 bits per heavy atom. The zero-order valence-corrected chi connectivity index (χ0v) is 36.5. The number of fused-ring (bicyclic) bond motifs is 9. The van der Waals surface area contributed by atoms with E-state index in [0.717, 1.165) is 33.3 Å². The first kappa shape index (κ1) is 37.0. The molecule has 0 saturated heterocycles. The van der Waals surface area contributed by atoms with Gasteiger partial charge in [0.2, 0.25) is 0 Å². The van der Waals surface area contributed by atoms with Crippen molar-refractivity contribution in [1.82, 2.24) is 0 Å². The van der Waals surface area contributed by atoms with Gasteiger partial charge in [-0.2, -0.15) is 0 Å². The van der Waals surface area contributed by atoms with Crippen molar-refractivity contribution in [1.29, 1.82) is 0 Å². The van der Waals surface area contributed by atoms with Gasteiger partial charge < -0.3 is 14.2 Å². The number of aryl methyl sites for hydroxylation is 2. The molecule has 0 N–H and O–H groups in total. The number of anilines is 6. The zero-order chi connectivity index (χ0) is 41.5. The van der Waals surface area contributed by atoms with Crippen LogP contribution in [0.5, 0.6) is 0 Å². The normalized spacial score (nSPS) is 16.1. The highest BCUT2D eigenvalue weighted by Gasteiger charge is 2.47.